The van der Waals surface area contributed by atoms with Gasteiger partial charge in [0.05, 0.1) is 19.2 Å². The van der Waals surface area contributed by atoms with E-state index in [4.69, 9.17) is 4.74 Å². The third-order valence-electron chi connectivity index (χ3n) is 3.62. The highest BCUT2D eigenvalue weighted by Gasteiger charge is 2.36. The van der Waals surface area contributed by atoms with E-state index in [0.717, 1.165) is 25.7 Å². The van der Waals surface area contributed by atoms with Gasteiger partial charge in [0, 0.05) is 12.1 Å². The molecular formula is C15H28N2O3. The van der Waals surface area contributed by atoms with Gasteiger partial charge in [-0.1, -0.05) is 13.3 Å². The summed E-state index contributed by atoms with van der Waals surface area (Å²) in [4.78, 5) is 25.8. The van der Waals surface area contributed by atoms with Crippen molar-refractivity contribution in [2.24, 2.45) is 0 Å². The minimum Gasteiger partial charge on any atom is -0.465 e. The fraction of sp³-hybridized carbons (Fsp3) is 0.867. The lowest BCUT2D eigenvalue weighted by Gasteiger charge is -2.28. The van der Waals surface area contributed by atoms with Crippen LogP contribution in [0.5, 0.6) is 0 Å². The van der Waals surface area contributed by atoms with Crippen LogP contribution in [0.2, 0.25) is 0 Å². The van der Waals surface area contributed by atoms with E-state index in [1.54, 1.807) is 6.92 Å². The van der Waals surface area contributed by atoms with Crippen LogP contribution in [0.25, 0.3) is 0 Å². The molecule has 20 heavy (non-hydrogen) atoms. The topological polar surface area (TPSA) is 58.6 Å². The first-order valence-electron chi connectivity index (χ1n) is 7.71. The fourth-order valence-corrected chi connectivity index (χ4v) is 2.36. The van der Waals surface area contributed by atoms with Crippen molar-refractivity contribution >= 4 is 11.9 Å². The van der Waals surface area contributed by atoms with Crippen molar-refractivity contribution in [3.05, 3.63) is 0 Å². The van der Waals surface area contributed by atoms with E-state index in [2.05, 4.69) is 12.2 Å². The normalized spacial score (nSPS) is 17.6. The Morgan fingerprint density at radius 1 is 1.30 bits per heavy atom. The van der Waals surface area contributed by atoms with Crippen LogP contribution in [-0.4, -0.2) is 48.1 Å². The Hall–Kier alpha value is -1.10. The predicted octanol–water partition coefficient (Wildman–Crippen LogP) is 1.71. The number of hydrogen-bond donors (Lipinski definition) is 1. The summed E-state index contributed by atoms with van der Waals surface area (Å²) in [5, 5.41) is 3.02. The van der Waals surface area contributed by atoms with Crippen LogP contribution in [0.3, 0.4) is 0 Å². The zero-order valence-electron chi connectivity index (χ0n) is 13.1. The SMILES string of the molecule is CCCC(C)NC(=O)C(C)N(CC(=O)OCC)C1CC1. The van der Waals surface area contributed by atoms with Crippen molar-refractivity contribution < 1.29 is 14.3 Å². The molecule has 0 bridgehead atoms. The molecule has 0 radical (unpaired) electrons. The molecule has 1 amide bonds. The quantitative estimate of drug-likeness (QED) is 0.655. The third-order valence-corrected chi connectivity index (χ3v) is 3.62. The molecular weight excluding hydrogens is 256 g/mol. The summed E-state index contributed by atoms with van der Waals surface area (Å²) in [5.41, 5.74) is 0. The van der Waals surface area contributed by atoms with Gasteiger partial charge in [0.1, 0.15) is 0 Å². The Labute approximate surface area is 122 Å². The molecule has 1 fully saturated rings. The zero-order valence-corrected chi connectivity index (χ0v) is 13.1. The molecule has 1 N–H and O–H groups in total. The maximum absolute atomic E-state index is 12.2. The molecule has 2 unspecified atom stereocenters. The van der Waals surface area contributed by atoms with Gasteiger partial charge in [-0.2, -0.15) is 0 Å². The van der Waals surface area contributed by atoms with E-state index >= 15 is 0 Å². The second kappa shape index (κ2) is 8.25. The average Bonchev–Trinajstić information content (AvgIpc) is 3.20. The third kappa shape index (κ3) is 5.49. The first-order chi connectivity index (χ1) is 9.49. The summed E-state index contributed by atoms with van der Waals surface area (Å²) in [6.45, 7) is 8.36. The van der Waals surface area contributed by atoms with Crippen molar-refractivity contribution in [1.82, 2.24) is 10.2 Å². The average molecular weight is 284 g/mol. The molecule has 2 atom stereocenters. The molecule has 0 aromatic carbocycles. The highest BCUT2D eigenvalue weighted by molar-refractivity contribution is 5.82. The molecule has 0 aromatic heterocycles. The van der Waals surface area contributed by atoms with E-state index < -0.39 is 0 Å². The van der Waals surface area contributed by atoms with Crippen LogP contribution in [0.4, 0.5) is 0 Å². The molecule has 0 aliphatic heterocycles. The zero-order chi connectivity index (χ0) is 15.1. The van der Waals surface area contributed by atoms with E-state index in [0.29, 0.717) is 12.6 Å². The van der Waals surface area contributed by atoms with Crippen molar-refractivity contribution in [3.8, 4) is 0 Å². The predicted molar refractivity (Wildman–Crippen MR) is 78.3 cm³/mol. The number of carbonyl (C=O) groups is 2. The lowest BCUT2D eigenvalue weighted by atomic mass is 10.1. The molecule has 1 aliphatic carbocycles. The lowest BCUT2D eigenvalue weighted by Crippen LogP contribution is -2.50. The van der Waals surface area contributed by atoms with Crippen molar-refractivity contribution in [1.29, 1.82) is 0 Å². The lowest BCUT2D eigenvalue weighted by molar-refractivity contribution is -0.145. The Balaban J connectivity index is 2.52. The van der Waals surface area contributed by atoms with E-state index in [-0.39, 0.29) is 30.5 Å². The van der Waals surface area contributed by atoms with Gasteiger partial charge in [0.15, 0.2) is 0 Å². The Kier molecular flexibility index (Phi) is 6.99. The maximum Gasteiger partial charge on any atom is 0.320 e. The molecule has 0 saturated heterocycles. The number of esters is 1. The largest absolute Gasteiger partial charge is 0.465 e. The number of carbonyl (C=O) groups excluding carboxylic acids is 2. The van der Waals surface area contributed by atoms with Gasteiger partial charge in [0.2, 0.25) is 5.91 Å². The summed E-state index contributed by atoms with van der Waals surface area (Å²) in [7, 11) is 0. The second-order valence-electron chi connectivity index (χ2n) is 5.58. The highest BCUT2D eigenvalue weighted by atomic mass is 16.5. The number of rotatable bonds is 9. The standard InChI is InChI=1S/C15H28N2O3/c1-5-7-11(3)16-15(19)12(4)17(13-8-9-13)10-14(18)20-6-2/h11-13H,5-10H2,1-4H3,(H,16,19). The van der Waals surface area contributed by atoms with Gasteiger partial charge in [0.25, 0.3) is 0 Å². The molecule has 1 aliphatic rings. The monoisotopic (exact) mass is 284 g/mol. The Morgan fingerprint density at radius 3 is 2.45 bits per heavy atom. The van der Waals surface area contributed by atoms with E-state index in [9.17, 15) is 9.59 Å². The Bertz CT molecular complexity index is 329. The van der Waals surface area contributed by atoms with Crippen molar-refractivity contribution in [3.63, 3.8) is 0 Å². The van der Waals surface area contributed by atoms with Crippen molar-refractivity contribution in [2.45, 2.75) is 71.5 Å². The molecule has 5 nitrogen and oxygen atoms in total. The number of nitrogens with one attached hydrogen (secondary N) is 1. The number of hydrogen-bond acceptors (Lipinski definition) is 4. The van der Waals surface area contributed by atoms with Gasteiger partial charge < -0.3 is 10.1 Å². The summed E-state index contributed by atoms with van der Waals surface area (Å²) in [6.07, 6.45) is 4.13. The van der Waals surface area contributed by atoms with E-state index in [1.807, 2.05) is 18.7 Å². The van der Waals surface area contributed by atoms with Crippen LogP contribution >= 0.6 is 0 Å². The summed E-state index contributed by atoms with van der Waals surface area (Å²) in [6, 6.07) is 0.242. The summed E-state index contributed by atoms with van der Waals surface area (Å²) >= 11 is 0. The molecule has 0 aromatic rings. The fourth-order valence-electron chi connectivity index (χ4n) is 2.36. The van der Waals surface area contributed by atoms with Crippen LogP contribution < -0.4 is 5.32 Å². The van der Waals surface area contributed by atoms with E-state index in [1.165, 1.54) is 0 Å². The Morgan fingerprint density at radius 2 is 1.95 bits per heavy atom. The number of ether oxygens (including phenoxy) is 1. The van der Waals surface area contributed by atoms with Gasteiger partial charge in [-0.3, -0.25) is 14.5 Å². The molecule has 1 rings (SSSR count). The molecule has 0 spiro atoms. The van der Waals surface area contributed by atoms with Crippen molar-refractivity contribution in [2.75, 3.05) is 13.2 Å². The second-order valence-corrected chi connectivity index (χ2v) is 5.58. The van der Waals surface area contributed by atoms with Crippen LogP contribution in [0.15, 0.2) is 0 Å². The van der Waals surface area contributed by atoms with Crippen LogP contribution in [0, 0.1) is 0 Å². The van der Waals surface area contributed by atoms with Gasteiger partial charge in [-0.05, 0) is 40.0 Å². The molecule has 0 heterocycles. The minimum atomic E-state index is -0.286. The smallest absolute Gasteiger partial charge is 0.320 e. The highest BCUT2D eigenvalue weighted by Crippen LogP contribution is 2.28. The number of amides is 1. The molecule has 1 saturated carbocycles. The number of nitrogens with zero attached hydrogens (tertiary/aromatic N) is 1. The van der Waals surface area contributed by atoms with Gasteiger partial charge >= 0.3 is 5.97 Å². The minimum absolute atomic E-state index is 0.00199. The molecule has 5 heteroatoms. The first-order valence-corrected chi connectivity index (χ1v) is 7.71. The van der Waals surface area contributed by atoms with Crippen LogP contribution in [0.1, 0.15) is 53.4 Å². The summed E-state index contributed by atoms with van der Waals surface area (Å²) in [5.74, 6) is -0.247. The first kappa shape index (κ1) is 17.0. The summed E-state index contributed by atoms with van der Waals surface area (Å²) < 4.78 is 4.99. The molecule has 116 valence electrons. The maximum atomic E-state index is 12.2. The van der Waals surface area contributed by atoms with Crippen LogP contribution in [-0.2, 0) is 14.3 Å². The van der Waals surface area contributed by atoms with Gasteiger partial charge in [-0.15, -0.1) is 0 Å². The van der Waals surface area contributed by atoms with Gasteiger partial charge in [-0.25, -0.2) is 0 Å².